The van der Waals surface area contributed by atoms with Gasteiger partial charge in [-0.15, -0.1) is 0 Å². The van der Waals surface area contributed by atoms with Gasteiger partial charge < -0.3 is 24.0 Å². The topological polar surface area (TPSA) is 99.0 Å². The number of esters is 3. The molecule has 1 N–H and O–H groups in total. The Morgan fingerprint density at radius 3 is 2.08 bits per heavy atom. The van der Waals surface area contributed by atoms with Gasteiger partial charge in [0.1, 0.15) is 5.69 Å². The van der Waals surface area contributed by atoms with E-state index in [-0.39, 0.29) is 6.54 Å². The lowest BCUT2D eigenvalue weighted by atomic mass is 10.1. The van der Waals surface area contributed by atoms with Crippen LogP contribution in [0.25, 0.3) is 4.85 Å². The third kappa shape index (κ3) is 7.83. The largest absolute Gasteiger partial charge is 0.462 e. The zero-order valence-electron chi connectivity index (χ0n) is 15.7. The lowest BCUT2D eigenvalue weighted by molar-refractivity contribution is -0.140. The highest BCUT2D eigenvalue weighted by atomic mass is 16.5. The summed E-state index contributed by atoms with van der Waals surface area (Å²) < 4.78 is 14.3. The Kier molecular flexibility index (Phi) is 12.0. The molecule has 0 spiro atoms. The molecule has 1 aromatic rings. The van der Waals surface area contributed by atoms with E-state index in [0.717, 1.165) is 6.42 Å². The van der Waals surface area contributed by atoms with E-state index in [0.29, 0.717) is 43.1 Å². The zero-order valence-corrected chi connectivity index (χ0v) is 15.7. The van der Waals surface area contributed by atoms with Gasteiger partial charge in [-0.2, -0.15) is 0 Å². The maximum Gasteiger partial charge on any atom is 0.387 e. The minimum atomic E-state index is -0.442. The maximum absolute atomic E-state index is 11.7. The van der Waals surface area contributed by atoms with Crippen molar-refractivity contribution in [3.05, 3.63) is 34.4 Å². The molecule has 0 radical (unpaired) electrons. The smallest absolute Gasteiger partial charge is 0.387 e. The predicted molar refractivity (Wildman–Crippen MR) is 94.8 cm³/mol. The molecule has 26 heavy (non-hydrogen) atoms. The van der Waals surface area contributed by atoms with Crippen LogP contribution in [-0.2, 0) is 25.4 Å². The monoisotopic (exact) mass is 366 g/mol. The normalized spacial score (nSPS) is 9.35. The number of ether oxygens (including phenoxy) is 3. The van der Waals surface area contributed by atoms with Crippen LogP contribution in [0.5, 0.6) is 0 Å². The van der Waals surface area contributed by atoms with Gasteiger partial charge in [0.05, 0.1) is 25.4 Å². The summed E-state index contributed by atoms with van der Waals surface area (Å²) in [5, 5.41) is 0. The Bertz CT molecular complexity index is 595. The van der Waals surface area contributed by atoms with Crippen molar-refractivity contribution < 1.29 is 28.6 Å². The van der Waals surface area contributed by atoms with Crippen molar-refractivity contribution in [1.29, 1.82) is 0 Å². The highest BCUT2D eigenvalue weighted by Crippen LogP contribution is 2.18. The van der Waals surface area contributed by atoms with Crippen molar-refractivity contribution in [3.63, 3.8) is 0 Å². The number of nitrogens with zero attached hydrogens (tertiary/aromatic N) is 1. The number of rotatable bonds is 8. The summed E-state index contributed by atoms with van der Waals surface area (Å²) in [6.07, 6.45) is 2.97. The van der Waals surface area contributed by atoms with Crippen molar-refractivity contribution >= 4 is 17.9 Å². The Labute approximate surface area is 153 Å². The zero-order chi connectivity index (χ0) is 19.9. The molecule has 1 aromatic heterocycles. The van der Waals surface area contributed by atoms with Crippen molar-refractivity contribution in [2.24, 2.45) is 0 Å². The molecule has 0 amide bonds. The second-order valence-electron chi connectivity index (χ2n) is 4.87. The summed E-state index contributed by atoms with van der Waals surface area (Å²) in [7, 11) is 0. The first-order valence-electron chi connectivity index (χ1n) is 8.49. The van der Waals surface area contributed by atoms with Gasteiger partial charge >= 0.3 is 24.5 Å². The van der Waals surface area contributed by atoms with Crippen LogP contribution in [0.4, 0.5) is 0 Å². The number of hydrogen-bond donors (Lipinski definition) is 1. The maximum atomic E-state index is 11.7. The molecule has 8 nitrogen and oxygen atoms in total. The summed E-state index contributed by atoms with van der Waals surface area (Å²) in [6, 6.07) is 0. The fourth-order valence-corrected chi connectivity index (χ4v) is 2.01. The molecule has 1 heterocycles. The number of aromatic amines is 1. The third-order valence-corrected chi connectivity index (χ3v) is 2.98. The van der Waals surface area contributed by atoms with E-state index in [1.807, 2.05) is 6.92 Å². The first-order chi connectivity index (χ1) is 12.5. The van der Waals surface area contributed by atoms with Gasteiger partial charge in [-0.1, -0.05) is 13.3 Å². The van der Waals surface area contributed by atoms with Gasteiger partial charge in [-0.25, -0.2) is 21.0 Å². The van der Waals surface area contributed by atoms with Crippen molar-refractivity contribution in [2.75, 3.05) is 26.4 Å². The molecule has 144 valence electrons. The first kappa shape index (κ1) is 23.2. The molecule has 0 saturated carbocycles. The highest BCUT2D eigenvalue weighted by molar-refractivity contribution is 5.97. The van der Waals surface area contributed by atoms with Gasteiger partial charge in [-0.3, -0.25) is 0 Å². The molecule has 0 fully saturated rings. The summed E-state index contributed by atoms with van der Waals surface area (Å²) in [5.41, 5.74) is 1.44. The van der Waals surface area contributed by atoms with Crippen molar-refractivity contribution in [3.8, 4) is 0 Å². The average molecular weight is 366 g/mol. The van der Waals surface area contributed by atoms with Crippen LogP contribution in [0.3, 0.4) is 0 Å². The Morgan fingerprint density at radius 2 is 1.58 bits per heavy atom. The summed E-state index contributed by atoms with van der Waals surface area (Å²) in [4.78, 5) is 39.3. The molecular formula is C18H26N2O6. The minimum Gasteiger partial charge on any atom is -0.462 e. The van der Waals surface area contributed by atoms with Crippen LogP contribution in [0.2, 0.25) is 0 Å². The van der Waals surface area contributed by atoms with E-state index in [9.17, 15) is 14.4 Å². The van der Waals surface area contributed by atoms with Crippen molar-refractivity contribution in [2.45, 2.75) is 40.5 Å². The predicted octanol–water partition coefficient (Wildman–Crippen LogP) is 2.79. The van der Waals surface area contributed by atoms with E-state index in [4.69, 9.17) is 16.0 Å². The Morgan fingerprint density at radius 1 is 1.00 bits per heavy atom. The molecule has 0 aliphatic rings. The number of nitrogens with one attached hydrogen (secondary N) is 1. The summed E-state index contributed by atoms with van der Waals surface area (Å²) >= 11 is 0. The van der Waals surface area contributed by atoms with Crippen LogP contribution in [0.1, 0.15) is 60.5 Å². The van der Waals surface area contributed by atoms with Gasteiger partial charge in [0.25, 0.3) is 0 Å². The molecule has 0 unspecified atom stereocenters. The van der Waals surface area contributed by atoms with Crippen molar-refractivity contribution in [1.82, 2.24) is 4.98 Å². The molecule has 0 saturated heterocycles. The average Bonchev–Trinajstić information content (AvgIpc) is 3.01. The van der Waals surface area contributed by atoms with Gasteiger partial charge in [-0.05, 0) is 32.8 Å². The van der Waals surface area contributed by atoms with E-state index >= 15 is 0 Å². The quantitative estimate of drug-likeness (QED) is 0.431. The molecular weight excluding hydrogens is 340 g/mol. The molecule has 0 aliphatic carbocycles. The SMILES string of the molecule is CCCc1c(C(=O)OCC)c[nH]c1C(=O)OCC.[C-]#[N+]CC(=O)OCC. The van der Waals surface area contributed by atoms with Crippen LogP contribution >= 0.6 is 0 Å². The minimum absolute atomic E-state index is 0.159. The first-order valence-corrected chi connectivity index (χ1v) is 8.49. The van der Waals surface area contributed by atoms with Crippen LogP contribution in [0, 0.1) is 6.57 Å². The third-order valence-electron chi connectivity index (χ3n) is 2.98. The molecule has 1 rings (SSSR count). The standard InChI is InChI=1S/C13H19NO4.C5H7NO2/c1-4-7-9-10(12(15)17-5-2)8-14-11(9)13(16)18-6-3;1-3-8-5(7)4-6-2/h8,14H,4-7H2,1-3H3;3-4H2,1H3. The lowest BCUT2D eigenvalue weighted by Gasteiger charge is -2.05. The fraction of sp³-hybridized carbons (Fsp3) is 0.556. The fourth-order valence-electron chi connectivity index (χ4n) is 2.01. The van der Waals surface area contributed by atoms with E-state index in [1.165, 1.54) is 6.20 Å². The molecule has 0 atom stereocenters. The molecule has 0 bridgehead atoms. The summed E-state index contributed by atoms with van der Waals surface area (Å²) in [6.45, 7) is 14.2. The Balaban J connectivity index is 0.000000660. The molecule has 8 heteroatoms. The summed E-state index contributed by atoms with van der Waals surface area (Å²) in [5.74, 6) is -1.29. The second-order valence-corrected chi connectivity index (χ2v) is 4.87. The van der Waals surface area contributed by atoms with Gasteiger partial charge in [0.15, 0.2) is 0 Å². The van der Waals surface area contributed by atoms with E-state index in [2.05, 4.69) is 14.6 Å². The van der Waals surface area contributed by atoms with Gasteiger partial charge in [0.2, 0.25) is 0 Å². The van der Waals surface area contributed by atoms with Crippen LogP contribution < -0.4 is 0 Å². The van der Waals surface area contributed by atoms with E-state index < -0.39 is 17.9 Å². The number of H-pyrrole nitrogens is 1. The second kappa shape index (κ2) is 13.5. The number of aromatic nitrogens is 1. The molecule has 0 aliphatic heterocycles. The Hall–Kier alpha value is -2.82. The van der Waals surface area contributed by atoms with E-state index in [1.54, 1.807) is 20.8 Å². The number of carbonyl (C=O) groups is 3. The number of carbonyl (C=O) groups excluding carboxylic acids is 3. The lowest BCUT2D eigenvalue weighted by Crippen LogP contribution is -2.11. The highest BCUT2D eigenvalue weighted by Gasteiger charge is 2.22. The van der Waals surface area contributed by atoms with Gasteiger partial charge in [0, 0.05) is 6.20 Å². The van der Waals surface area contributed by atoms with Crippen LogP contribution in [0.15, 0.2) is 6.20 Å². The van der Waals surface area contributed by atoms with Crippen LogP contribution in [-0.4, -0.2) is 49.3 Å². The molecule has 0 aromatic carbocycles. The number of hydrogen-bond acceptors (Lipinski definition) is 6.